The van der Waals surface area contributed by atoms with Gasteiger partial charge < -0.3 is 11.1 Å². The van der Waals surface area contributed by atoms with Crippen molar-refractivity contribution in [2.75, 3.05) is 11.9 Å². The van der Waals surface area contributed by atoms with Crippen LogP contribution in [0.4, 0.5) is 10.1 Å². The molecule has 1 heterocycles. The van der Waals surface area contributed by atoms with Crippen molar-refractivity contribution in [2.24, 2.45) is 11.7 Å². The highest BCUT2D eigenvalue weighted by atomic mass is 19.1. The molecule has 0 aliphatic rings. The van der Waals surface area contributed by atoms with E-state index in [2.05, 4.69) is 10.3 Å². The predicted molar refractivity (Wildman–Crippen MR) is 55.7 cm³/mol. The van der Waals surface area contributed by atoms with Crippen molar-refractivity contribution in [2.45, 2.75) is 13.3 Å². The van der Waals surface area contributed by atoms with Gasteiger partial charge in [-0.1, -0.05) is 6.92 Å². The van der Waals surface area contributed by atoms with Gasteiger partial charge in [0.25, 0.3) is 0 Å². The summed E-state index contributed by atoms with van der Waals surface area (Å²) < 4.78 is 13.1. The van der Waals surface area contributed by atoms with Crippen LogP contribution in [-0.2, 0) is 4.79 Å². The Kier molecular flexibility index (Phi) is 4.17. The van der Waals surface area contributed by atoms with Crippen molar-refractivity contribution >= 4 is 11.6 Å². The molecule has 0 spiro atoms. The largest absolute Gasteiger partial charge is 0.330 e. The molecule has 1 rings (SSSR count). The third kappa shape index (κ3) is 3.28. The number of carbonyl (C=O) groups excluding carboxylic acids is 1. The van der Waals surface area contributed by atoms with Crippen LogP contribution in [0.15, 0.2) is 18.5 Å². The smallest absolute Gasteiger partial charge is 0.227 e. The minimum Gasteiger partial charge on any atom is -0.330 e. The molecule has 4 nitrogen and oxygen atoms in total. The lowest BCUT2D eigenvalue weighted by Crippen LogP contribution is -2.23. The number of nitrogens with one attached hydrogen (secondary N) is 1. The monoisotopic (exact) mass is 211 g/mol. The molecule has 0 aromatic carbocycles. The normalized spacial score (nSPS) is 12.2. The molecule has 0 saturated heterocycles. The van der Waals surface area contributed by atoms with Gasteiger partial charge in [0.1, 0.15) is 0 Å². The van der Waals surface area contributed by atoms with Crippen LogP contribution in [0.1, 0.15) is 13.3 Å². The molecule has 1 unspecified atom stereocenters. The number of carbonyl (C=O) groups is 1. The molecule has 0 radical (unpaired) electrons. The molecule has 1 aromatic rings. The van der Waals surface area contributed by atoms with E-state index >= 15 is 0 Å². The molecule has 1 atom stereocenters. The van der Waals surface area contributed by atoms with Crippen LogP contribution in [0.5, 0.6) is 0 Å². The first-order valence-electron chi connectivity index (χ1n) is 4.75. The summed E-state index contributed by atoms with van der Waals surface area (Å²) >= 11 is 0. The Morgan fingerprint density at radius 3 is 3.07 bits per heavy atom. The number of nitrogens with zero attached hydrogens (tertiary/aromatic N) is 1. The molecule has 0 bridgehead atoms. The second-order valence-corrected chi connectivity index (χ2v) is 3.32. The summed E-state index contributed by atoms with van der Waals surface area (Å²) in [6.07, 6.45) is 3.06. The van der Waals surface area contributed by atoms with Crippen LogP contribution in [0.2, 0.25) is 0 Å². The van der Waals surface area contributed by atoms with Gasteiger partial charge in [-0.15, -0.1) is 0 Å². The standard InChI is InChI=1S/C10H14FN3O/c1-7(2-4-12)10(15)14-9-3-5-13-6-8(9)11/h3,5-7H,2,4,12H2,1H3,(H,13,14,15). The maximum atomic E-state index is 13.1. The van der Waals surface area contributed by atoms with Crippen LogP contribution in [-0.4, -0.2) is 17.4 Å². The van der Waals surface area contributed by atoms with E-state index in [9.17, 15) is 9.18 Å². The molecule has 0 saturated carbocycles. The number of anilines is 1. The van der Waals surface area contributed by atoms with Crippen LogP contribution < -0.4 is 11.1 Å². The Morgan fingerprint density at radius 1 is 1.73 bits per heavy atom. The molecule has 3 N–H and O–H groups in total. The third-order valence-corrected chi connectivity index (χ3v) is 2.08. The van der Waals surface area contributed by atoms with Crippen LogP contribution in [0, 0.1) is 11.7 Å². The second kappa shape index (κ2) is 5.41. The summed E-state index contributed by atoms with van der Waals surface area (Å²) in [7, 11) is 0. The zero-order valence-corrected chi connectivity index (χ0v) is 8.53. The highest BCUT2D eigenvalue weighted by Gasteiger charge is 2.13. The lowest BCUT2D eigenvalue weighted by Gasteiger charge is -2.11. The van der Waals surface area contributed by atoms with Gasteiger partial charge in [-0.05, 0) is 19.0 Å². The minimum absolute atomic E-state index is 0.152. The molecule has 0 fully saturated rings. The van der Waals surface area contributed by atoms with Gasteiger partial charge in [0.05, 0.1) is 11.9 Å². The van der Waals surface area contributed by atoms with Crippen molar-refractivity contribution in [3.63, 3.8) is 0 Å². The van der Waals surface area contributed by atoms with Crippen molar-refractivity contribution in [1.82, 2.24) is 4.98 Å². The van der Waals surface area contributed by atoms with Gasteiger partial charge in [0.15, 0.2) is 5.82 Å². The molecule has 1 aromatic heterocycles. The lowest BCUT2D eigenvalue weighted by atomic mass is 10.1. The zero-order valence-electron chi connectivity index (χ0n) is 8.53. The van der Waals surface area contributed by atoms with E-state index in [0.29, 0.717) is 13.0 Å². The van der Waals surface area contributed by atoms with E-state index < -0.39 is 5.82 Å². The predicted octanol–water partition coefficient (Wildman–Crippen LogP) is 1.14. The highest BCUT2D eigenvalue weighted by Crippen LogP contribution is 2.13. The Morgan fingerprint density at radius 2 is 2.47 bits per heavy atom. The minimum atomic E-state index is -0.536. The number of hydrogen-bond donors (Lipinski definition) is 2. The molecule has 5 heteroatoms. The molecule has 0 aliphatic carbocycles. The molecular formula is C10H14FN3O. The Balaban J connectivity index is 2.62. The maximum absolute atomic E-state index is 13.1. The fourth-order valence-electron chi connectivity index (χ4n) is 1.11. The Bertz CT molecular complexity index is 343. The van der Waals surface area contributed by atoms with Gasteiger partial charge in [-0.2, -0.15) is 0 Å². The summed E-state index contributed by atoms with van der Waals surface area (Å²) in [4.78, 5) is 15.1. The van der Waals surface area contributed by atoms with Crippen molar-refractivity contribution in [1.29, 1.82) is 0 Å². The summed E-state index contributed by atoms with van der Waals surface area (Å²) in [5.74, 6) is -0.987. The number of rotatable bonds is 4. The van der Waals surface area contributed by atoms with Crippen LogP contribution >= 0.6 is 0 Å². The number of hydrogen-bond acceptors (Lipinski definition) is 3. The third-order valence-electron chi connectivity index (χ3n) is 2.08. The topological polar surface area (TPSA) is 68.0 Å². The fraction of sp³-hybridized carbons (Fsp3) is 0.400. The number of pyridine rings is 1. The summed E-state index contributed by atoms with van der Waals surface area (Å²) in [6, 6.07) is 1.42. The van der Waals surface area contributed by atoms with E-state index in [1.54, 1.807) is 6.92 Å². The second-order valence-electron chi connectivity index (χ2n) is 3.32. The van der Waals surface area contributed by atoms with E-state index in [-0.39, 0.29) is 17.5 Å². The summed E-state index contributed by atoms with van der Waals surface area (Å²) in [5, 5.41) is 2.49. The number of nitrogens with two attached hydrogens (primary N) is 1. The maximum Gasteiger partial charge on any atom is 0.227 e. The number of amides is 1. The van der Waals surface area contributed by atoms with E-state index in [1.165, 1.54) is 12.3 Å². The highest BCUT2D eigenvalue weighted by molar-refractivity contribution is 5.92. The molecule has 15 heavy (non-hydrogen) atoms. The summed E-state index contributed by atoms with van der Waals surface area (Å²) in [6.45, 7) is 2.19. The first kappa shape index (κ1) is 11.6. The first-order valence-corrected chi connectivity index (χ1v) is 4.75. The van der Waals surface area contributed by atoms with Crippen molar-refractivity contribution in [3.05, 3.63) is 24.3 Å². The Hall–Kier alpha value is -1.49. The molecule has 82 valence electrons. The van der Waals surface area contributed by atoms with Crippen LogP contribution in [0.3, 0.4) is 0 Å². The van der Waals surface area contributed by atoms with Gasteiger partial charge in [0, 0.05) is 12.1 Å². The molecule has 1 amide bonds. The Labute approximate surface area is 87.7 Å². The average molecular weight is 211 g/mol. The number of aromatic nitrogens is 1. The van der Waals surface area contributed by atoms with E-state index in [0.717, 1.165) is 6.20 Å². The summed E-state index contributed by atoms with van der Waals surface area (Å²) in [5.41, 5.74) is 5.48. The average Bonchev–Trinajstić information content (AvgIpc) is 2.21. The van der Waals surface area contributed by atoms with E-state index in [1.807, 2.05) is 0 Å². The molecular weight excluding hydrogens is 197 g/mol. The zero-order chi connectivity index (χ0) is 11.3. The molecule has 0 aliphatic heterocycles. The van der Waals surface area contributed by atoms with Gasteiger partial charge in [-0.3, -0.25) is 9.78 Å². The first-order chi connectivity index (χ1) is 7.15. The van der Waals surface area contributed by atoms with Gasteiger partial charge in [-0.25, -0.2) is 4.39 Å². The fourth-order valence-corrected chi connectivity index (χ4v) is 1.11. The van der Waals surface area contributed by atoms with Crippen molar-refractivity contribution in [3.8, 4) is 0 Å². The lowest BCUT2D eigenvalue weighted by molar-refractivity contribution is -0.119. The quantitative estimate of drug-likeness (QED) is 0.784. The SMILES string of the molecule is CC(CCN)C(=O)Nc1ccncc1F. The van der Waals surface area contributed by atoms with Gasteiger partial charge in [0.2, 0.25) is 5.91 Å². The van der Waals surface area contributed by atoms with Gasteiger partial charge >= 0.3 is 0 Å². The van der Waals surface area contributed by atoms with E-state index in [4.69, 9.17) is 5.73 Å². The van der Waals surface area contributed by atoms with Crippen LogP contribution in [0.25, 0.3) is 0 Å². The number of halogens is 1. The van der Waals surface area contributed by atoms with Crippen molar-refractivity contribution < 1.29 is 9.18 Å².